The van der Waals surface area contributed by atoms with Gasteiger partial charge in [-0.25, -0.2) is 13.6 Å². The SMILES string of the molecule is O=C(NCCc1cc(F)ccc1F)N1CCC(c2ccncc2)CC1. The molecule has 2 amide bonds. The Kier molecular flexibility index (Phi) is 5.58. The van der Waals surface area contributed by atoms with Crippen molar-refractivity contribution in [2.45, 2.75) is 25.2 Å². The Hall–Kier alpha value is -2.50. The average molecular weight is 345 g/mol. The van der Waals surface area contributed by atoms with Crippen molar-refractivity contribution in [2.75, 3.05) is 19.6 Å². The third kappa shape index (κ3) is 4.53. The molecule has 1 aromatic heterocycles. The highest BCUT2D eigenvalue weighted by Crippen LogP contribution is 2.27. The number of halogens is 2. The van der Waals surface area contributed by atoms with E-state index in [2.05, 4.69) is 10.3 Å². The van der Waals surface area contributed by atoms with Crippen LogP contribution in [0, 0.1) is 11.6 Å². The van der Waals surface area contributed by atoms with E-state index in [0.29, 0.717) is 19.0 Å². The van der Waals surface area contributed by atoms with Crippen molar-refractivity contribution < 1.29 is 13.6 Å². The summed E-state index contributed by atoms with van der Waals surface area (Å²) in [6, 6.07) is 7.26. The van der Waals surface area contributed by atoms with Gasteiger partial charge in [-0.05, 0) is 66.6 Å². The predicted octanol–water partition coefficient (Wildman–Crippen LogP) is 3.49. The number of carbonyl (C=O) groups excluding carboxylic acids is 1. The normalized spacial score (nSPS) is 15.2. The van der Waals surface area contributed by atoms with Crippen LogP contribution in [0.5, 0.6) is 0 Å². The largest absolute Gasteiger partial charge is 0.338 e. The standard InChI is InChI=1S/C19H21F2N3O/c20-17-1-2-18(21)16(13-17)5-10-23-19(25)24-11-6-15(7-12-24)14-3-8-22-9-4-14/h1-4,8-9,13,15H,5-7,10-12H2,(H,23,25). The maximum absolute atomic E-state index is 13.6. The zero-order valence-electron chi connectivity index (χ0n) is 13.9. The molecule has 2 aromatic rings. The molecule has 1 aliphatic rings. The van der Waals surface area contributed by atoms with Crippen molar-refractivity contribution in [3.8, 4) is 0 Å². The second-order valence-electron chi connectivity index (χ2n) is 6.26. The molecule has 1 aromatic carbocycles. The summed E-state index contributed by atoms with van der Waals surface area (Å²) >= 11 is 0. The molecule has 1 aliphatic heterocycles. The van der Waals surface area contributed by atoms with Gasteiger partial charge in [0, 0.05) is 32.0 Å². The number of carbonyl (C=O) groups is 1. The van der Waals surface area contributed by atoms with E-state index in [1.54, 1.807) is 17.3 Å². The van der Waals surface area contributed by atoms with E-state index in [1.165, 1.54) is 11.6 Å². The number of rotatable bonds is 4. The van der Waals surface area contributed by atoms with Crippen LogP contribution in [0.3, 0.4) is 0 Å². The van der Waals surface area contributed by atoms with Gasteiger partial charge in [-0.3, -0.25) is 4.98 Å². The van der Waals surface area contributed by atoms with Gasteiger partial charge in [0.25, 0.3) is 0 Å². The minimum atomic E-state index is -0.471. The molecular weight excluding hydrogens is 324 g/mol. The molecule has 1 saturated heterocycles. The molecule has 1 fully saturated rings. The molecule has 0 unspecified atom stereocenters. The first-order valence-electron chi connectivity index (χ1n) is 8.50. The number of nitrogens with one attached hydrogen (secondary N) is 1. The van der Waals surface area contributed by atoms with Gasteiger partial charge in [0.15, 0.2) is 0 Å². The number of benzene rings is 1. The summed E-state index contributed by atoms with van der Waals surface area (Å²) in [4.78, 5) is 18.0. The van der Waals surface area contributed by atoms with E-state index in [1.807, 2.05) is 12.1 Å². The molecule has 3 rings (SSSR count). The average Bonchev–Trinajstić information content (AvgIpc) is 2.65. The molecule has 0 bridgehead atoms. The number of pyridine rings is 1. The monoisotopic (exact) mass is 345 g/mol. The zero-order chi connectivity index (χ0) is 17.6. The summed E-state index contributed by atoms with van der Waals surface area (Å²) in [6.45, 7) is 1.66. The van der Waals surface area contributed by atoms with Crippen LogP contribution in [-0.2, 0) is 6.42 Å². The number of likely N-dealkylation sites (tertiary alicyclic amines) is 1. The molecule has 1 N–H and O–H groups in total. The lowest BCUT2D eigenvalue weighted by Gasteiger charge is -2.32. The van der Waals surface area contributed by atoms with Crippen molar-refractivity contribution in [3.63, 3.8) is 0 Å². The van der Waals surface area contributed by atoms with Crippen molar-refractivity contribution in [1.82, 2.24) is 15.2 Å². The Bertz CT molecular complexity index is 716. The highest BCUT2D eigenvalue weighted by Gasteiger charge is 2.23. The minimum Gasteiger partial charge on any atom is -0.338 e. The van der Waals surface area contributed by atoms with Crippen molar-refractivity contribution >= 4 is 6.03 Å². The number of nitrogens with zero attached hydrogens (tertiary/aromatic N) is 2. The van der Waals surface area contributed by atoms with Gasteiger partial charge in [0.2, 0.25) is 0 Å². The number of hydrogen-bond donors (Lipinski definition) is 1. The second kappa shape index (κ2) is 8.05. The topological polar surface area (TPSA) is 45.2 Å². The van der Waals surface area contributed by atoms with E-state index in [-0.39, 0.29) is 24.6 Å². The molecule has 0 saturated carbocycles. The van der Waals surface area contributed by atoms with Gasteiger partial charge in [-0.15, -0.1) is 0 Å². The molecule has 0 radical (unpaired) electrons. The number of hydrogen-bond acceptors (Lipinski definition) is 2. The summed E-state index contributed by atoms with van der Waals surface area (Å²) in [5, 5.41) is 2.79. The number of piperidine rings is 1. The Morgan fingerprint density at radius 1 is 1.16 bits per heavy atom. The molecule has 0 atom stereocenters. The van der Waals surface area contributed by atoms with E-state index < -0.39 is 11.6 Å². The van der Waals surface area contributed by atoms with Gasteiger partial charge in [0.1, 0.15) is 11.6 Å². The van der Waals surface area contributed by atoms with E-state index in [0.717, 1.165) is 25.0 Å². The van der Waals surface area contributed by atoms with Crippen LogP contribution in [0.15, 0.2) is 42.7 Å². The van der Waals surface area contributed by atoms with Crippen LogP contribution in [0.2, 0.25) is 0 Å². The van der Waals surface area contributed by atoms with Gasteiger partial charge < -0.3 is 10.2 Å². The van der Waals surface area contributed by atoms with Crippen LogP contribution in [0.25, 0.3) is 0 Å². The first-order chi connectivity index (χ1) is 12.1. The van der Waals surface area contributed by atoms with E-state index in [9.17, 15) is 13.6 Å². The molecule has 0 spiro atoms. The first-order valence-corrected chi connectivity index (χ1v) is 8.50. The molecular formula is C19H21F2N3O. The Balaban J connectivity index is 1.44. The highest BCUT2D eigenvalue weighted by molar-refractivity contribution is 5.74. The second-order valence-corrected chi connectivity index (χ2v) is 6.26. The van der Waals surface area contributed by atoms with Crippen molar-refractivity contribution in [3.05, 3.63) is 65.5 Å². The van der Waals surface area contributed by atoms with Gasteiger partial charge in [-0.2, -0.15) is 0 Å². The number of amides is 2. The lowest BCUT2D eigenvalue weighted by molar-refractivity contribution is 0.181. The van der Waals surface area contributed by atoms with Gasteiger partial charge in [-0.1, -0.05) is 0 Å². The summed E-state index contributed by atoms with van der Waals surface area (Å²) in [6.07, 6.45) is 5.68. The maximum atomic E-state index is 13.6. The van der Waals surface area contributed by atoms with Crippen LogP contribution in [-0.4, -0.2) is 35.5 Å². The summed E-state index contributed by atoms with van der Waals surface area (Å²) in [5.41, 5.74) is 1.54. The van der Waals surface area contributed by atoms with Gasteiger partial charge >= 0.3 is 6.03 Å². The van der Waals surface area contributed by atoms with Crippen LogP contribution in [0.4, 0.5) is 13.6 Å². The summed E-state index contributed by atoms with van der Waals surface area (Å²) < 4.78 is 26.7. The van der Waals surface area contributed by atoms with Crippen molar-refractivity contribution in [2.24, 2.45) is 0 Å². The highest BCUT2D eigenvalue weighted by atomic mass is 19.1. The molecule has 132 valence electrons. The molecule has 6 heteroatoms. The fraction of sp³-hybridized carbons (Fsp3) is 0.368. The Morgan fingerprint density at radius 3 is 2.60 bits per heavy atom. The van der Waals surface area contributed by atoms with E-state index >= 15 is 0 Å². The van der Waals surface area contributed by atoms with Crippen LogP contribution >= 0.6 is 0 Å². The molecule has 4 nitrogen and oxygen atoms in total. The molecule has 0 aliphatic carbocycles. The lowest BCUT2D eigenvalue weighted by Crippen LogP contribution is -2.44. The van der Waals surface area contributed by atoms with Crippen LogP contribution < -0.4 is 5.32 Å². The maximum Gasteiger partial charge on any atom is 0.317 e. The minimum absolute atomic E-state index is 0.148. The van der Waals surface area contributed by atoms with E-state index in [4.69, 9.17) is 0 Å². The molecule has 25 heavy (non-hydrogen) atoms. The predicted molar refractivity (Wildman–Crippen MR) is 91.2 cm³/mol. The fourth-order valence-electron chi connectivity index (χ4n) is 3.20. The lowest BCUT2D eigenvalue weighted by atomic mass is 9.90. The summed E-state index contributed by atoms with van der Waals surface area (Å²) in [7, 11) is 0. The quantitative estimate of drug-likeness (QED) is 0.922. The van der Waals surface area contributed by atoms with Crippen LogP contribution in [0.1, 0.15) is 29.9 Å². The summed E-state index contributed by atoms with van der Waals surface area (Å²) in [5.74, 6) is -0.469. The molecule has 2 heterocycles. The number of urea groups is 1. The zero-order valence-corrected chi connectivity index (χ0v) is 13.9. The Labute approximate surface area is 145 Å². The Morgan fingerprint density at radius 2 is 1.88 bits per heavy atom. The third-order valence-electron chi connectivity index (χ3n) is 4.64. The third-order valence-corrected chi connectivity index (χ3v) is 4.64. The number of aromatic nitrogens is 1. The smallest absolute Gasteiger partial charge is 0.317 e. The van der Waals surface area contributed by atoms with Gasteiger partial charge in [0.05, 0.1) is 0 Å². The first kappa shape index (κ1) is 17.3. The fourth-order valence-corrected chi connectivity index (χ4v) is 3.20. The van der Waals surface area contributed by atoms with Crippen molar-refractivity contribution in [1.29, 1.82) is 0 Å².